The number of halogens is 1. The number of anilines is 2. The number of nitrogens with one attached hydrogen (secondary N) is 1. The molecule has 0 spiro atoms. The van der Waals surface area contributed by atoms with Gasteiger partial charge in [-0.1, -0.05) is 11.6 Å². The molecule has 3 aliphatic heterocycles. The molecule has 0 bridgehead atoms. The van der Waals surface area contributed by atoms with Crippen LogP contribution >= 0.6 is 11.6 Å². The van der Waals surface area contributed by atoms with Gasteiger partial charge in [0.05, 0.1) is 41.6 Å². The van der Waals surface area contributed by atoms with Crippen LogP contribution in [-0.2, 0) is 9.53 Å². The fraction of sp³-hybridized carbons (Fsp3) is 0.583. The first-order chi connectivity index (χ1) is 16.5. The van der Waals surface area contributed by atoms with Crippen LogP contribution in [-0.4, -0.2) is 77.0 Å². The number of amides is 1. The first kappa shape index (κ1) is 23.1. The van der Waals surface area contributed by atoms with E-state index in [9.17, 15) is 9.59 Å². The standard InChI is InChI=1S/C24H31ClN6O3/c1-16-20(15-27-28-24(16)33)31-8-2-3-19(31)21-6-5-18(34-21)13-23(32)30-11-9-29(10-12-30)22-7-4-17(25)14-26-22/h4,7,14-15,18-19,21H,2-3,5-6,8-13H2,1H3,(H,28,33)/t18-,19-,21+/m0/s1. The summed E-state index contributed by atoms with van der Waals surface area (Å²) in [5.74, 6) is 1.05. The van der Waals surface area contributed by atoms with Crippen LogP contribution in [0.15, 0.2) is 29.3 Å². The number of pyridine rings is 1. The highest BCUT2D eigenvalue weighted by Crippen LogP contribution is 2.35. The summed E-state index contributed by atoms with van der Waals surface area (Å²) in [7, 11) is 0. The summed E-state index contributed by atoms with van der Waals surface area (Å²) in [5.41, 5.74) is 1.44. The molecule has 34 heavy (non-hydrogen) atoms. The average molecular weight is 487 g/mol. The molecule has 1 amide bonds. The number of hydrogen-bond donors (Lipinski definition) is 1. The van der Waals surface area contributed by atoms with Crippen LogP contribution in [0.4, 0.5) is 11.5 Å². The number of carbonyl (C=O) groups is 1. The molecule has 0 radical (unpaired) electrons. The average Bonchev–Trinajstić information content (AvgIpc) is 3.51. The zero-order valence-electron chi connectivity index (χ0n) is 19.5. The van der Waals surface area contributed by atoms with Crippen molar-refractivity contribution >= 4 is 29.0 Å². The van der Waals surface area contributed by atoms with Crippen molar-refractivity contribution in [1.82, 2.24) is 20.1 Å². The maximum Gasteiger partial charge on any atom is 0.269 e. The van der Waals surface area contributed by atoms with Crippen LogP contribution in [0.3, 0.4) is 0 Å². The van der Waals surface area contributed by atoms with E-state index < -0.39 is 0 Å². The lowest BCUT2D eigenvalue weighted by Crippen LogP contribution is -2.49. The summed E-state index contributed by atoms with van der Waals surface area (Å²) < 4.78 is 6.40. The van der Waals surface area contributed by atoms with E-state index in [-0.39, 0.29) is 29.7 Å². The maximum atomic E-state index is 13.0. The number of hydrogen-bond acceptors (Lipinski definition) is 7. The monoisotopic (exact) mass is 486 g/mol. The molecule has 3 atom stereocenters. The Hall–Kier alpha value is -2.65. The van der Waals surface area contributed by atoms with Gasteiger partial charge in [0, 0.05) is 44.5 Å². The second-order valence-electron chi connectivity index (χ2n) is 9.39. The predicted octanol–water partition coefficient (Wildman–Crippen LogP) is 2.38. The number of aromatic nitrogens is 3. The number of ether oxygens (including phenoxy) is 1. The molecule has 0 unspecified atom stereocenters. The van der Waals surface area contributed by atoms with Gasteiger partial charge in [-0.05, 0) is 44.7 Å². The smallest absolute Gasteiger partial charge is 0.269 e. The van der Waals surface area contributed by atoms with Crippen molar-refractivity contribution in [3.05, 3.63) is 45.5 Å². The Morgan fingerprint density at radius 1 is 1.15 bits per heavy atom. The summed E-state index contributed by atoms with van der Waals surface area (Å²) in [6.45, 7) is 5.62. The van der Waals surface area contributed by atoms with Crippen molar-refractivity contribution in [2.75, 3.05) is 42.5 Å². The van der Waals surface area contributed by atoms with Crippen molar-refractivity contribution in [2.45, 2.75) is 57.3 Å². The Bertz CT molecular complexity index is 1070. The molecule has 3 fully saturated rings. The van der Waals surface area contributed by atoms with E-state index >= 15 is 0 Å². The van der Waals surface area contributed by atoms with Gasteiger partial charge in [-0.25, -0.2) is 10.1 Å². The molecule has 5 rings (SSSR count). The molecule has 0 aliphatic carbocycles. The Labute approximate surface area is 204 Å². The molecule has 1 N–H and O–H groups in total. The van der Waals surface area contributed by atoms with Crippen LogP contribution in [0, 0.1) is 6.92 Å². The van der Waals surface area contributed by atoms with Gasteiger partial charge in [0.2, 0.25) is 5.91 Å². The summed E-state index contributed by atoms with van der Waals surface area (Å²) >= 11 is 5.94. The molecule has 2 aromatic rings. The molecule has 5 heterocycles. The molecule has 3 aliphatic rings. The third-order valence-electron chi connectivity index (χ3n) is 7.33. The number of carbonyl (C=O) groups excluding carboxylic acids is 1. The molecule has 9 nitrogen and oxygen atoms in total. The van der Waals surface area contributed by atoms with Crippen LogP contribution in [0.25, 0.3) is 0 Å². The van der Waals surface area contributed by atoms with Gasteiger partial charge >= 0.3 is 0 Å². The Balaban J connectivity index is 1.14. The fourth-order valence-electron chi connectivity index (χ4n) is 5.45. The van der Waals surface area contributed by atoms with Crippen molar-refractivity contribution in [2.24, 2.45) is 0 Å². The lowest BCUT2D eigenvalue weighted by molar-refractivity contribution is -0.134. The third-order valence-corrected chi connectivity index (χ3v) is 7.55. The molecule has 0 saturated carbocycles. The van der Waals surface area contributed by atoms with E-state index in [0.717, 1.165) is 56.8 Å². The predicted molar refractivity (Wildman–Crippen MR) is 131 cm³/mol. The van der Waals surface area contributed by atoms with Crippen molar-refractivity contribution in [1.29, 1.82) is 0 Å². The summed E-state index contributed by atoms with van der Waals surface area (Å²) in [6.07, 6.45) is 7.76. The Morgan fingerprint density at radius 2 is 1.97 bits per heavy atom. The van der Waals surface area contributed by atoms with Crippen molar-refractivity contribution < 1.29 is 9.53 Å². The van der Waals surface area contributed by atoms with Crippen molar-refractivity contribution in [3.8, 4) is 0 Å². The van der Waals surface area contributed by atoms with Crippen molar-refractivity contribution in [3.63, 3.8) is 0 Å². The van der Waals surface area contributed by atoms with E-state index in [4.69, 9.17) is 16.3 Å². The fourth-order valence-corrected chi connectivity index (χ4v) is 5.56. The Morgan fingerprint density at radius 3 is 2.74 bits per heavy atom. The van der Waals surface area contributed by atoms with E-state index in [2.05, 4.69) is 25.0 Å². The zero-order valence-corrected chi connectivity index (χ0v) is 20.2. The van der Waals surface area contributed by atoms with E-state index in [1.54, 1.807) is 12.4 Å². The van der Waals surface area contributed by atoms with Gasteiger partial charge in [0.25, 0.3) is 5.56 Å². The highest BCUT2D eigenvalue weighted by molar-refractivity contribution is 6.30. The Kier molecular flexibility index (Phi) is 6.74. The number of H-pyrrole nitrogens is 1. The van der Waals surface area contributed by atoms with Gasteiger partial charge in [0.15, 0.2) is 0 Å². The van der Waals surface area contributed by atoms with E-state index in [1.165, 1.54) is 0 Å². The first-order valence-electron chi connectivity index (χ1n) is 12.1. The lowest BCUT2D eigenvalue weighted by atomic mass is 10.0. The third kappa shape index (κ3) is 4.77. The molecule has 10 heteroatoms. The molecular formula is C24H31ClN6O3. The highest BCUT2D eigenvalue weighted by Gasteiger charge is 2.39. The number of aromatic amines is 1. The normalized spacial score (nSPS) is 25.2. The molecule has 0 aromatic carbocycles. The highest BCUT2D eigenvalue weighted by atomic mass is 35.5. The topological polar surface area (TPSA) is 94.7 Å². The maximum absolute atomic E-state index is 13.0. The molecule has 3 saturated heterocycles. The molecular weight excluding hydrogens is 456 g/mol. The largest absolute Gasteiger partial charge is 0.372 e. The minimum absolute atomic E-state index is 0.0469. The van der Waals surface area contributed by atoms with E-state index in [0.29, 0.717) is 30.1 Å². The van der Waals surface area contributed by atoms with E-state index in [1.807, 2.05) is 24.0 Å². The lowest BCUT2D eigenvalue weighted by Gasteiger charge is -2.36. The van der Waals surface area contributed by atoms with Crippen LogP contribution in [0.5, 0.6) is 0 Å². The molecule has 2 aromatic heterocycles. The second-order valence-corrected chi connectivity index (χ2v) is 9.83. The minimum atomic E-state index is -0.147. The summed E-state index contributed by atoms with van der Waals surface area (Å²) in [5, 5.41) is 7.13. The molecule has 182 valence electrons. The summed E-state index contributed by atoms with van der Waals surface area (Å²) in [4.78, 5) is 35.8. The van der Waals surface area contributed by atoms with Crippen LogP contribution in [0.1, 0.15) is 37.7 Å². The SMILES string of the molecule is Cc1c(N2CCC[C@H]2[C@H]2CC[C@@H](CC(=O)N3CCN(c4ccc(Cl)cn4)CC3)O2)cn[nH]c1=O. The summed E-state index contributed by atoms with van der Waals surface area (Å²) in [6, 6.07) is 3.98. The quantitative estimate of drug-likeness (QED) is 0.693. The first-order valence-corrected chi connectivity index (χ1v) is 12.5. The van der Waals surface area contributed by atoms with Gasteiger partial charge in [-0.2, -0.15) is 5.10 Å². The minimum Gasteiger partial charge on any atom is -0.372 e. The van der Waals surface area contributed by atoms with Gasteiger partial charge < -0.3 is 19.4 Å². The number of nitrogens with zero attached hydrogens (tertiary/aromatic N) is 5. The van der Waals surface area contributed by atoms with Gasteiger partial charge in [-0.3, -0.25) is 9.59 Å². The number of rotatable bonds is 5. The van der Waals surface area contributed by atoms with Gasteiger partial charge in [0.1, 0.15) is 5.82 Å². The number of piperazine rings is 1. The second kappa shape index (κ2) is 9.92. The van der Waals surface area contributed by atoms with Crippen LogP contribution in [0.2, 0.25) is 5.02 Å². The van der Waals surface area contributed by atoms with Crippen LogP contribution < -0.4 is 15.4 Å². The van der Waals surface area contributed by atoms with Gasteiger partial charge in [-0.15, -0.1) is 0 Å². The zero-order chi connectivity index (χ0) is 23.7.